The smallest absolute Gasteiger partial charge is 1.00 e. The minimum absolute atomic E-state index is 0. The summed E-state index contributed by atoms with van der Waals surface area (Å²) < 4.78 is 0. The molecule has 4 heteroatoms. The first-order valence-corrected chi connectivity index (χ1v) is 2.23. The van der Waals surface area contributed by atoms with Crippen LogP contribution >= 0.6 is 25.1 Å². The number of rotatable bonds is 0. The summed E-state index contributed by atoms with van der Waals surface area (Å²) in [5.41, 5.74) is 0. The van der Waals surface area contributed by atoms with Crippen molar-refractivity contribution in [2.75, 3.05) is 0 Å². The van der Waals surface area contributed by atoms with Crippen LogP contribution in [0.5, 0.6) is 0 Å². The second-order valence-corrected chi connectivity index (χ2v) is 0. The quantitative estimate of drug-likeness (QED) is 0.370. The Morgan fingerprint density at radius 2 is 1.25 bits per heavy atom. The Bertz CT molecular complexity index is 8.00. The Hall–Kier alpha value is 2.24. The predicted octanol–water partition coefficient (Wildman–Crippen LogP) is -1.46. The Labute approximate surface area is 70.6 Å². The molecule has 0 saturated carbocycles. The van der Waals surface area contributed by atoms with Gasteiger partial charge in [0, 0.05) is 15.0 Å². The summed E-state index contributed by atoms with van der Waals surface area (Å²) in [5, 5.41) is 0. The maximum absolute atomic E-state index is 4.45. The van der Waals surface area contributed by atoms with E-state index in [-0.39, 0.29) is 46.4 Å². The molecule has 0 aliphatic carbocycles. The zero-order valence-electron chi connectivity index (χ0n) is 1.44. The van der Waals surface area contributed by atoms with Crippen molar-refractivity contribution < 1.29 is 46.4 Å². The van der Waals surface area contributed by atoms with Crippen molar-refractivity contribution >= 4 is 25.1 Å². The molecule has 0 aromatic heterocycles. The maximum Gasteiger partial charge on any atom is 1.00 e. The standard InChI is InChI=1S/Ag.BrCl.HI/c;1-2;/h;;1H/q+1;;/p-1. The summed E-state index contributed by atoms with van der Waals surface area (Å²) in [6, 6.07) is 0. The van der Waals surface area contributed by atoms with Gasteiger partial charge in [-0.1, -0.05) is 0 Å². The van der Waals surface area contributed by atoms with Crippen LogP contribution in [0, 0.1) is 0 Å². The first kappa shape index (κ1) is 16.3. The van der Waals surface area contributed by atoms with E-state index in [1.807, 2.05) is 0 Å². The molecule has 0 unspecified atom stereocenters. The molecule has 0 bridgehead atoms. The molecular weight excluding hydrogens is 350 g/mol. The molecule has 0 atom stereocenters. The van der Waals surface area contributed by atoms with Crippen molar-refractivity contribution in [3.8, 4) is 0 Å². The first-order valence-electron chi connectivity index (χ1n) is 0.143. The van der Waals surface area contributed by atoms with Gasteiger partial charge in [-0.05, 0) is 10.1 Å². The van der Waals surface area contributed by atoms with E-state index in [0.717, 1.165) is 0 Å². The molecule has 0 aromatic rings. The van der Waals surface area contributed by atoms with Gasteiger partial charge in [0.1, 0.15) is 0 Å². The van der Waals surface area contributed by atoms with Crippen molar-refractivity contribution in [3.05, 3.63) is 0 Å². The third-order valence-corrected chi connectivity index (χ3v) is 0. The minimum atomic E-state index is 0. The Morgan fingerprint density at radius 1 is 1.25 bits per heavy atom. The molecule has 0 N–H and O–H groups in total. The monoisotopic (exact) mass is 348 g/mol. The van der Waals surface area contributed by atoms with Gasteiger partial charge in [-0.15, -0.1) is 0 Å². The SMILES string of the molecule is ClBr.[Ag+].[I-]. The molecule has 4 heavy (non-hydrogen) atoms. The normalized spacial score (nSPS) is 1.50. The van der Waals surface area contributed by atoms with Crippen LogP contribution < -0.4 is 24.0 Å². The van der Waals surface area contributed by atoms with Crippen LogP contribution in [0.15, 0.2) is 0 Å². The Morgan fingerprint density at radius 3 is 1.25 bits per heavy atom. The van der Waals surface area contributed by atoms with E-state index in [2.05, 4.69) is 25.1 Å². The Kier molecular flexibility index (Phi) is 76.6. The van der Waals surface area contributed by atoms with Crippen molar-refractivity contribution in [1.82, 2.24) is 0 Å². The van der Waals surface area contributed by atoms with Crippen molar-refractivity contribution in [3.63, 3.8) is 0 Å². The number of hydrogen-bond acceptors (Lipinski definition) is 0. The van der Waals surface area contributed by atoms with Crippen molar-refractivity contribution in [1.29, 1.82) is 0 Å². The number of hydrogen-bond donors (Lipinski definition) is 0. The molecule has 32 valence electrons. The molecule has 0 heterocycles. The zero-order valence-corrected chi connectivity index (χ0v) is 7.42. The van der Waals surface area contributed by atoms with Crippen LogP contribution in [0.25, 0.3) is 0 Å². The van der Waals surface area contributed by atoms with E-state index in [1.54, 1.807) is 0 Å². The van der Waals surface area contributed by atoms with E-state index in [9.17, 15) is 0 Å². The summed E-state index contributed by atoms with van der Waals surface area (Å²) in [5.74, 6) is 0. The van der Waals surface area contributed by atoms with Gasteiger partial charge in [-0.3, -0.25) is 0 Å². The predicted molar refractivity (Wildman–Crippen MR) is 14.8 cm³/mol. The first-order chi connectivity index (χ1) is 1.00. The molecular formula is AgBrClI. The number of halogens is 3. The summed E-state index contributed by atoms with van der Waals surface area (Å²) >= 11 is 2.41. The molecule has 0 spiro atoms. The van der Waals surface area contributed by atoms with Gasteiger partial charge < -0.3 is 24.0 Å². The summed E-state index contributed by atoms with van der Waals surface area (Å²) in [4.78, 5) is 0. The van der Waals surface area contributed by atoms with Crippen molar-refractivity contribution in [2.24, 2.45) is 0 Å². The van der Waals surface area contributed by atoms with E-state index in [0.29, 0.717) is 0 Å². The molecule has 0 radical (unpaired) electrons. The van der Waals surface area contributed by atoms with E-state index >= 15 is 0 Å². The van der Waals surface area contributed by atoms with Crippen LogP contribution in [0.3, 0.4) is 0 Å². The third kappa shape index (κ3) is 8.87. The van der Waals surface area contributed by atoms with E-state index in [1.165, 1.54) is 0 Å². The van der Waals surface area contributed by atoms with Crippen LogP contribution in [0.4, 0.5) is 0 Å². The van der Waals surface area contributed by atoms with Gasteiger partial charge >= 0.3 is 22.4 Å². The molecule has 0 aliphatic rings. The fourth-order valence-corrected chi connectivity index (χ4v) is 0. The average molecular weight is 350 g/mol. The zero-order chi connectivity index (χ0) is 2.00. The summed E-state index contributed by atoms with van der Waals surface area (Å²) in [6.07, 6.45) is 0. The fraction of sp³-hybridized carbons (Fsp3) is 0. The summed E-state index contributed by atoms with van der Waals surface area (Å²) in [6.45, 7) is 0. The van der Waals surface area contributed by atoms with Crippen LogP contribution in [0.2, 0.25) is 0 Å². The van der Waals surface area contributed by atoms with Crippen molar-refractivity contribution in [2.45, 2.75) is 0 Å². The van der Waals surface area contributed by atoms with Gasteiger partial charge in [0.15, 0.2) is 0 Å². The second-order valence-electron chi connectivity index (χ2n) is 0. The molecule has 0 rings (SSSR count). The Balaban J connectivity index is -0.00000000500. The largest absolute Gasteiger partial charge is 1.00 e. The van der Waals surface area contributed by atoms with Crippen LogP contribution in [-0.2, 0) is 22.4 Å². The molecule has 0 nitrogen and oxygen atoms in total. The van der Waals surface area contributed by atoms with Crippen LogP contribution in [-0.4, -0.2) is 0 Å². The fourth-order valence-electron chi connectivity index (χ4n) is 0. The van der Waals surface area contributed by atoms with Gasteiger partial charge in [0.2, 0.25) is 0 Å². The van der Waals surface area contributed by atoms with Gasteiger partial charge in [-0.2, -0.15) is 0 Å². The van der Waals surface area contributed by atoms with E-state index < -0.39 is 0 Å². The summed E-state index contributed by atoms with van der Waals surface area (Å²) in [7, 11) is 4.45. The van der Waals surface area contributed by atoms with E-state index in [4.69, 9.17) is 0 Å². The molecule has 0 saturated heterocycles. The third-order valence-electron chi connectivity index (χ3n) is 0. The maximum atomic E-state index is 4.45. The van der Waals surface area contributed by atoms with Gasteiger partial charge in [0.05, 0.1) is 0 Å². The molecule has 0 amide bonds. The molecule has 0 fully saturated rings. The average Bonchev–Trinajstić information content (AvgIpc) is 1.00. The topological polar surface area (TPSA) is 0 Å². The van der Waals surface area contributed by atoms with Crippen LogP contribution in [0.1, 0.15) is 0 Å². The molecule has 0 aromatic carbocycles. The van der Waals surface area contributed by atoms with Gasteiger partial charge in [-0.25, -0.2) is 0 Å². The minimum Gasteiger partial charge on any atom is -1.00 e. The molecule has 0 aliphatic heterocycles. The van der Waals surface area contributed by atoms with Gasteiger partial charge in [0.25, 0.3) is 0 Å². The second kappa shape index (κ2) is 18.8.